The van der Waals surface area contributed by atoms with Crippen LogP contribution in [0.1, 0.15) is 53.7 Å². The van der Waals surface area contributed by atoms with Gasteiger partial charge in [0.2, 0.25) is 0 Å². The van der Waals surface area contributed by atoms with Gasteiger partial charge < -0.3 is 14.4 Å². The fourth-order valence-corrected chi connectivity index (χ4v) is 7.52. The molecule has 1 aliphatic carbocycles. The number of para-hydroxylation sites is 1. The minimum Gasteiger partial charge on any atom is -0.493 e. The van der Waals surface area contributed by atoms with Gasteiger partial charge in [0.1, 0.15) is 11.5 Å². The number of ketones is 3. The lowest BCUT2D eigenvalue weighted by atomic mass is 9.64. The first-order valence-corrected chi connectivity index (χ1v) is 14.5. The summed E-state index contributed by atoms with van der Waals surface area (Å²) in [5.74, 6) is -0.912. The van der Waals surface area contributed by atoms with Crippen molar-refractivity contribution in [2.45, 2.75) is 24.9 Å². The van der Waals surface area contributed by atoms with E-state index in [4.69, 9.17) is 21.1 Å². The molecule has 3 aliphatic rings. The van der Waals surface area contributed by atoms with Gasteiger partial charge in [0, 0.05) is 38.9 Å². The highest BCUT2D eigenvalue weighted by molar-refractivity contribution is 6.33. The highest BCUT2D eigenvalue weighted by Gasteiger charge is 2.72. The Labute approximate surface area is 254 Å². The van der Waals surface area contributed by atoms with Gasteiger partial charge in [-0.05, 0) is 36.8 Å². The average molecular weight is 590 g/mol. The molecule has 1 saturated heterocycles. The molecule has 1 fully saturated rings. The zero-order chi connectivity index (χ0) is 30.0. The number of rotatable bonds is 5. The van der Waals surface area contributed by atoms with Gasteiger partial charge in [-0.1, -0.05) is 90.0 Å². The van der Waals surface area contributed by atoms with Crippen molar-refractivity contribution in [1.29, 1.82) is 0 Å². The SMILES string of the molecule is COc1cccc([C@H]2[C@H](C(=O)c3ccc(C)cc3)N3c4ccc(Cl)cc4C=CC3C23C(=O)c2ccccc2C3=O)c1OC. The first-order chi connectivity index (χ1) is 20.8. The van der Waals surface area contributed by atoms with Crippen LogP contribution in [0.25, 0.3) is 6.08 Å². The van der Waals surface area contributed by atoms with Crippen LogP contribution < -0.4 is 14.4 Å². The molecule has 1 spiro atoms. The fraction of sp³-hybridized carbons (Fsp3) is 0.194. The minimum atomic E-state index is -1.65. The highest BCUT2D eigenvalue weighted by atomic mass is 35.5. The Kier molecular flexibility index (Phi) is 6.29. The van der Waals surface area contributed by atoms with Crippen LogP contribution in [-0.4, -0.2) is 43.7 Å². The summed E-state index contributed by atoms with van der Waals surface area (Å²) in [6.45, 7) is 1.96. The normalized spacial score (nSPS) is 21.0. The number of hydrogen-bond acceptors (Lipinski definition) is 6. The number of carbonyl (C=O) groups excluding carboxylic acids is 3. The standard InChI is InChI=1S/C36H28ClNO5/c1-20-11-13-21(14-12-20)32(39)31-30(26-9-6-10-28(42-2)33(26)43-3)36(34(40)24-7-4-5-8-25(24)35(36)41)29-18-15-22-19-23(37)16-17-27(22)38(29)31/h4-19,29-31H,1-3H3/t29?,30-,31+/m0/s1. The Hall–Kier alpha value is -4.68. The van der Waals surface area contributed by atoms with Crippen molar-refractivity contribution in [2.24, 2.45) is 5.41 Å². The number of nitrogens with zero attached hydrogens (tertiary/aromatic N) is 1. The Balaban J connectivity index is 1.58. The molecule has 7 heteroatoms. The maximum Gasteiger partial charge on any atom is 0.185 e. The molecule has 0 saturated carbocycles. The van der Waals surface area contributed by atoms with E-state index in [0.29, 0.717) is 38.8 Å². The molecule has 43 heavy (non-hydrogen) atoms. The number of anilines is 1. The van der Waals surface area contributed by atoms with Crippen molar-refractivity contribution in [3.05, 3.63) is 129 Å². The van der Waals surface area contributed by atoms with Crippen molar-refractivity contribution in [1.82, 2.24) is 0 Å². The van der Waals surface area contributed by atoms with Crippen molar-refractivity contribution < 1.29 is 23.9 Å². The van der Waals surface area contributed by atoms with Crippen LogP contribution in [0.3, 0.4) is 0 Å². The quantitative estimate of drug-likeness (QED) is 0.185. The molecule has 6 nitrogen and oxygen atoms in total. The molecule has 4 aromatic rings. The Morgan fingerprint density at radius 2 is 1.56 bits per heavy atom. The maximum atomic E-state index is 14.9. The summed E-state index contributed by atoms with van der Waals surface area (Å²) in [5.41, 5.74) is 2.65. The van der Waals surface area contributed by atoms with Gasteiger partial charge in [-0.15, -0.1) is 0 Å². The van der Waals surface area contributed by atoms with Crippen molar-refractivity contribution >= 4 is 40.7 Å². The second-order valence-electron chi connectivity index (χ2n) is 11.2. The monoisotopic (exact) mass is 589 g/mol. The maximum absolute atomic E-state index is 14.9. The zero-order valence-corrected chi connectivity index (χ0v) is 24.6. The lowest BCUT2D eigenvalue weighted by Crippen LogP contribution is -2.48. The van der Waals surface area contributed by atoms with Crippen molar-refractivity contribution in [3.8, 4) is 11.5 Å². The fourth-order valence-electron chi connectivity index (χ4n) is 7.34. The molecule has 2 heterocycles. The highest BCUT2D eigenvalue weighted by Crippen LogP contribution is 2.62. The molecule has 214 valence electrons. The molecule has 1 unspecified atom stereocenters. The summed E-state index contributed by atoms with van der Waals surface area (Å²) in [6, 6.07) is 23.5. The topological polar surface area (TPSA) is 72.9 Å². The molecule has 4 aromatic carbocycles. The molecule has 0 N–H and O–H groups in total. The third kappa shape index (κ3) is 3.69. The van der Waals surface area contributed by atoms with E-state index in [-0.39, 0.29) is 17.3 Å². The number of ether oxygens (including phenoxy) is 2. The zero-order valence-electron chi connectivity index (χ0n) is 23.8. The molecule has 0 aromatic heterocycles. The second kappa shape index (κ2) is 9.96. The van der Waals surface area contributed by atoms with Crippen molar-refractivity contribution in [3.63, 3.8) is 0 Å². The van der Waals surface area contributed by atoms with E-state index in [1.807, 2.05) is 54.3 Å². The third-order valence-corrected chi connectivity index (χ3v) is 9.37. The Bertz CT molecular complexity index is 1830. The number of benzene rings is 4. The van der Waals surface area contributed by atoms with Gasteiger partial charge in [-0.25, -0.2) is 0 Å². The molecule has 7 rings (SSSR count). The molecular formula is C36H28ClNO5. The Morgan fingerprint density at radius 3 is 2.21 bits per heavy atom. The van der Waals surface area contributed by atoms with Crippen LogP contribution in [0.4, 0.5) is 5.69 Å². The van der Waals surface area contributed by atoms with Crippen LogP contribution in [0.15, 0.2) is 91.0 Å². The number of carbonyl (C=O) groups is 3. The van der Waals surface area contributed by atoms with E-state index >= 15 is 0 Å². The van der Waals surface area contributed by atoms with E-state index in [2.05, 4.69) is 0 Å². The van der Waals surface area contributed by atoms with E-state index in [0.717, 1.165) is 16.8 Å². The largest absolute Gasteiger partial charge is 0.493 e. The smallest absolute Gasteiger partial charge is 0.185 e. The summed E-state index contributed by atoms with van der Waals surface area (Å²) in [7, 11) is 3.06. The summed E-state index contributed by atoms with van der Waals surface area (Å²) < 4.78 is 11.6. The van der Waals surface area contributed by atoms with E-state index in [1.54, 1.807) is 54.6 Å². The van der Waals surface area contributed by atoms with Crippen LogP contribution >= 0.6 is 11.6 Å². The number of Topliss-reactive ketones (excluding diaryl/α,β-unsaturated/α-hetero) is 3. The van der Waals surface area contributed by atoms with Crippen LogP contribution in [0.2, 0.25) is 5.02 Å². The second-order valence-corrected chi connectivity index (χ2v) is 11.7. The molecule has 3 atom stereocenters. The molecule has 0 radical (unpaired) electrons. The molecular weight excluding hydrogens is 562 g/mol. The number of aryl methyl sites for hydroxylation is 1. The summed E-state index contributed by atoms with van der Waals surface area (Å²) in [5, 5.41) is 0.545. The first kappa shape index (κ1) is 27.2. The molecule has 0 amide bonds. The predicted molar refractivity (Wildman–Crippen MR) is 166 cm³/mol. The molecule has 0 bridgehead atoms. The van der Waals surface area contributed by atoms with Crippen LogP contribution in [0, 0.1) is 12.3 Å². The van der Waals surface area contributed by atoms with Crippen molar-refractivity contribution in [2.75, 3.05) is 19.1 Å². The summed E-state index contributed by atoms with van der Waals surface area (Å²) >= 11 is 6.40. The first-order valence-electron chi connectivity index (χ1n) is 14.1. The van der Waals surface area contributed by atoms with Crippen LogP contribution in [0.5, 0.6) is 11.5 Å². The van der Waals surface area contributed by atoms with Gasteiger partial charge in [-0.3, -0.25) is 14.4 Å². The van der Waals surface area contributed by atoms with Gasteiger partial charge in [0.05, 0.1) is 20.3 Å². The summed E-state index contributed by atoms with van der Waals surface area (Å²) in [4.78, 5) is 46.5. The van der Waals surface area contributed by atoms with Crippen LogP contribution in [-0.2, 0) is 0 Å². The Morgan fingerprint density at radius 1 is 0.860 bits per heavy atom. The van der Waals surface area contributed by atoms with E-state index in [9.17, 15) is 14.4 Å². The lowest BCUT2D eigenvalue weighted by molar-refractivity contribution is 0.0664. The summed E-state index contributed by atoms with van der Waals surface area (Å²) in [6.07, 6.45) is 3.77. The number of hydrogen-bond donors (Lipinski definition) is 0. The number of fused-ring (bicyclic) bond motifs is 5. The number of halogens is 1. The third-order valence-electron chi connectivity index (χ3n) is 9.14. The van der Waals surface area contributed by atoms with E-state index in [1.165, 1.54) is 14.2 Å². The molecule has 2 aliphatic heterocycles. The van der Waals surface area contributed by atoms with E-state index < -0.39 is 23.4 Å². The average Bonchev–Trinajstić information content (AvgIpc) is 3.46. The van der Waals surface area contributed by atoms with Gasteiger partial charge in [-0.2, -0.15) is 0 Å². The predicted octanol–water partition coefficient (Wildman–Crippen LogP) is 6.98. The minimum absolute atomic E-state index is 0.204. The lowest BCUT2D eigenvalue weighted by Gasteiger charge is -2.37. The van der Waals surface area contributed by atoms with Gasteiger partial charge in [0.15, 0.2) is 28.8 Å². The van der Waals surface area contributed by atoms with Gasteiger partial charge >= 0.3 is 0 Å². The number of methoxy groups -OCH3 is 2. The van der Waals surface area contributed by atoms with Gasteiger partial charge in [0.25, 0.3) is 0 Å².